The van der Waals surface area contributed by atoms with E-state index in [1.165, 1.54) is 24.3 Å². The summed E-state index contributed by atoms with van der Waals surface area (Å²) < 4.78 is 5.88. The summed E-state index contributed by atoms with van der Waals surface area (Å²) in [6, 6.07) is 25.9. The molecule has 0 saturated heterocycles. The number of thiazole rings is 1. The van der Waals surface area contributed by atoms with Crippen LogP contribution in [0.5, 0.6) is 11.5 Å². The number of para-hydroxylation sites is 4. The summed E-state index contributed by atoms with van der Waals surface area (Å²) in [4.78, 5) is 30.7. The molecule has 6 nitrogen and oxygen atoms in total. The van der Waals surface area contributed by atoms with Crippen LogP contribution >= 0.6 is 11.3 Å². The highest BCUT2D eigenvalue weighted by Crippen LogP contribution is 2.30. The summed E-state index contributed by atoms with van der Waals surface area (Å²) in [5.74, 6) is 0.763. The minimum atomic E-state index is -0.319. The second kappa shape index (κ2) is 10.4. The summed E-state index contributed by atoms with van der Waals surface area (Å²) >= 11 is 1.33. The van der Waals surface area contributed by atoms with Crippen molar-refractivity contribution >= 4 is 45.7 Å². The van der Waals surface area contributed by atoms with E-state index in [2.05, 4.69) is 10.3 Å². The molecule has 0 spiro atoms. The summed E-state index contributed by atoms with van der Waals surface area (Å²) in [6.07, 6.45) is 3.01. The highest BCUT2D eigenvalue weighted by Gasteiger charge is 2.17. The third-order valence-electron chi connectivity index (χ3n) is 4.55. The molecule has 1 N–H and O–H groups in total. The Labute approximate surface area is 195 Å². The molecule has 0 bridgehead atoms. The number of hydrogen-bond acceptors (Lipinski definition) is 5. The smallest absolute Gasteiger partial charge is 0.248 e. The van der Waals surface area contributed by atoms with Gasteiger partial charge in [-0.3, -0.25) is 14.5 Å². The van der Waals surface area contributed by atoms with E-state index in [1.807, 2.05) is 72.8 Å². The number of nitrogens with zero attached hydrogens (tertiary/aromatic N) is 2. The molecule has 0 aliphatic heterocycles. The topological polar surface area (TPSA) is 71.5 Å². The monoisotopic (exact) mass is 455 g/mol. The number of carbonyl (C=O) groups excluding carboxylic acids is 2. The number of hydrogen-bond donors (Lipinski definition) is 1. The van der Waals surface area contributed by atoms with Gasteiger partial charge in [0.25, 0.3) is 0 Å². The molecule has 33 heavy (non-hydrogen) atoms. The zero-order chi connectivity index (χ0) is 23.0. The van der Waals surface area contributed by atoms with E-state index in [0.717, 1.165) is 5.69 Å². The van der Waals surface area contributed by atoms with Gasteiger partial charge in [0.15, 0.2) is 10.9 Å². The van der Waals surface area contributed by atoms with Gasteiger partial charge in [0.05, 0.1) is 17.1 Å². The van der Waals surface area contributed by atoms with Crippen molar-refractivity contribution in [2.45, 2.75) is 6.92 Å². The van der Waals surface area contributed by atoms with E-state index < -0.39 is 0 Å². The molecular formula is C26H21N3O3S. The molecule has 164 valence electrons. The van der Waals surface area contributed by atoms with Gasteiger partial charge < -0.3 is 10.1 Å². The molecule has 1 heterocycles. The Morgan fingerprint density at radius 2 is 1.61 bits per heavy atom. The normalized spacial score (nSPS) is 10.7. The molecule has 2 amide bonds. The maximum absolute atomic E-state index is 12.5. The molecule has 0 aliphatic carbocycles. The Kier molecular flexibility index (Phi) is 6.92. The fourth-order valence-corrected chi connectivity index (χ4v) is 3.92. The van der Waals surface area contributed by atoms with Gasteiger partial charge in [-0.05, 0) is 42.5 Å². The summed E-state index contributed by atoms with van der Waals surface area (Å²) in [5.41, 5.74) is 1.88. The van der Waals surface area contributed by atoms with E-state index in [4.69, 9.17) is 4.74 Å². The molecule has 4 aromatic rings. The first-order chi connectivity index (χ1) is 16.1. The first-order valence-corrected chi connectivity index (χ1v) is 11.1. The van der Waals surface area contributed by atoms with Crippen LogP contribution in [0.4, 0.5) is 16.5 Å². The van der Waals surface area contributed by atoms with E-state index in [0.29, 0.717) is 28.0 Å². The predicted octanol–water partition coefficient (Wildman–Crippen LogP) is 6.27. The van der Waals surface area contributed by atoms with Crippen LogP contribution < -0.4 is 15.0 Å². The van der Waals surface area contributed by atoms with Crippen molar-refractivity contribution in [1.82, 2.24) is 4.98 Å². The molecule has 7 heteroatoms. The first-order valence-electron chi connectivity index (χ1n) is 10.2. The van der Waals surface area contributed by atoms with Crippen LogP contribution in [0.1, 0.15) is 12.6 Å². The second-order valence-electron chi connectivity index (χ2n) is 6.98. The molecular weight excluding hydrogens is 434 g/mol. The number of amides is 2. The Morgan fingerprint density at radius 1 is 0.939 bits per heavy atom. The van der Waals surface area contributed by atoms with Crippen LogP contribution in [-0.4, -0.2) is 16.8 Å². The maximum atomic E-state index is 12.5. The van der Waals surface area contributed by atoms with Gasteiger partial charge >= 0.3 is 0 Å². The van der Waals surface area contributed by atoms with Crippen molar-refractivity contribution in [2.75, 3.05) is 10.2 Å². The van der Waals surface area contributed by atoms with Crippen molar-refractivity contribution in [1.29, 1.82) is 0 Å². The van der Waals surface area contributed by atoms with Crippen LogP contribution in [0.2, 0.25) is 0 Å². The fraction of sp³-hybridized carbons (Fsp3) is 0.0385. The summed E-state index contributed by atoms with van der Waals surface area (Å²) in [7, 11) is 0. The van der Waals surface area contributed by atoms with Gasteiger partial charge in [-0.1, -0.05) is 48.5 Å². The lowest BCUT2D eigenvalue weighted by atomic mass is 10.2. The lowest BCUT2D eigenvalue weighted by Crippen LogP contribution is -2.22. The Morgan fingerprint density at radius 3 is 2.33 bits per heavy atom. The number of rotatable bonds is 7. The van der Waals surface area contributed by atoms with E-state index in [1.54, 1.807) is 28.5 Å². The lowest BCUT2D eigenvalue weighted by molar-refractivity contribution is -0.116. The molecule has 0 unspecified atom stereocenters. The number of ether oxygens (including phenoxy) is 1. The minimum absolute atomic E-state index is 0.140. The first kappa shape index (κ1) is 22.0. The molecule has 0 fully saturated rings. The van der Waals surface area contributed by atoms with Crippen molar-refractivity contribution in [2.24, 2.45) is 0 Å². The van der Waals surface area contributed by atoms with Crippen LogP contribution in [0.25, 0.3) is 6.08 Å². The number of benzene rings is 3. The molecule has 1 aromatic heterocycles. The Balaban J connectivity index is 1.45. The highest BCUT2D eigenvalue weighted by molar-refractivity contribution is 7.14. The molecule has 4 rings (SSSR count). The molecule has 0 saturated carbocycles. The van der Waals surface area contributed by atoms with Gasteiger partial charge in [-0.15, -0.1) is 11.3 Å². The highest BCUT2D eigenvalue weighted by atomic mass is 32.1. The second-order valence-corrected chi connectivity index (χ2v) is 7.82. The van der Waals surface area contributed by atoms with E-state index in [9.17, 15) is 9.59 Å². The number of carbonyl (C=O) groups is 2. The Hall–Kier alpha value is -4.23. The van der Waals surface area contributed by atoms with Gasteiger partial charge in [-0.2, -0.15) is 0 Å². The van der Waals surface area contributed by atoms with Crippen molar-refractivity contribution in [3.05, 3.63) is 102 Å². The third kappa shape index (κ3) is 5.72. The minimum Gasteiger partial charge on any atom is -0.455 e. The van der Waals surface area contributed by atoms with Crippen molar-refractivity contribution < 1.29 is 14.3 Å². The third-order valence-corrected chi connectivity index (χ3v) is 5.40. The average Bonchev–Trinajstić information content (AvgIpc) is 3.29. The fourth-order valence-electron chi connectivity index (χ4n) is 3.07. The average molecular weight is 456 g/mol. The van der Waals surface area contributed by atoms with Gasteiger partial charge in [0.1, 0.15) is 5.75 Å². The number of aromatic nitrogens is 1. The van der Waals surface area contributed by atoms with Crippen LogP contribution in [-0.2, 0) is 9.59 Å². The summed E-state index contributed by atoms with van der Waals surface area (Å²) in [5, 5.41) is 5.17. The standard InChI is InChI=1S/C26H21N3O3S/c1-19(30)29(21-10-4-2-5-11-21)26-27-20(18-33-26)16-17-25(31)28-23-14-8-9-15-24(23)32-22-12-6-3-7-13-22/h2-18H,1H3,(H,28,31). The summed E-state index contributed by atoms with van der Waals surface area (Å²) in [6.45, 7) is 1.49. The van der Waals surface area contributed by atoms with Crippen molar-refractivity contribution in [3.63, 3.8) is 0 Å². The van der Waals surface area contributed by atoms with Crippen LogP contribution in [0.3, 0.4) is 0 Å². The van der Waals surface area contributed by atoms with Crippen LogP contribution in [0.15, 0.2) is 96.4 Å². The number of anilines is 3. The van der Waals surface area contributed by atoms with E-state index >= 15 is 0 Å². The Bertz CT molecular complexity index is 1270. The molecule has 0 radical (unpaired) electrons. The maximum Gasteiger partial charge on any atom is 0.248 e. The molecule has 0 atom stereocenters. The molecule has 0 aliphatic rings. The number of nitrogens with one attached hydrogen (secondary N) is 1. The largest absolute Gasteiger partial charge is 0.455 e. The van der Waals surface area contributed by atoms with Gasteiger partial charge in [0.2, 0.25) is 11.8 Å². The molecule has 3 aromatic carbocycles. The lowest BCUT2D eigenvalue weighted by Gasteiger charge is -2.17. The van der Waals surface area contributed by atoms with E-state index in [-0.39, 0.29) is 11.8 Å². The zero-order valence-electron chi connectivity index (χ0n) is 17.8. The zero-order valence-corrected chi connectivity index (χ0v) is 18.7. The predicted molar refractivity (Wildman–Crippen MR) is 132 cm³/mol. The van der Waals surface area contributed by atoms with Gasteiger partial charge in [-0.25, -0.2) is 4.98 Å². The van der Waals surface area contributed by atoms with Crippen molar-refractivity contribution in [3.8, 4) is 11.5 Å². The van der Waals surface area contributed by atoms with Crippen LogP contribution in [0, 0.1) is 0 Å². The SMILES string of the molecule is CC(=O)N(c1ccccc1)c1nc(C=CC(=O)Nc2ccccc2Oc2ccccc2)cs1. The van der Waals surface area contributed by atoms with Gasteiger partial charge in [0, 0.05) is 18.4 Å². The quantitative estimate of drug-likeness (QED) is 0.333.